The Hall–Kier alpha value is -2.33. The molecule has 3 rings (SSSR count). The molecule has 4 nitrogen and oxygen atoms in total. The van der Waals surface area contributed by atoms with E-state index in [9.17, 15) is 4.79 Å². The molecule has 2 aromatic carbocycles. The summed E-state index contributed by atoms with van der Waals surface area (Å²) < 4.78 is 16.9. The molecule has 1 aliphatic carbocycles. The number of esters is 1. The van der Waals surface area contributed by atoms with Crippen molar-refractivity contribution in [2.45, 2.75) is 103 Å². The average molecular weight is 495 g/mol. The fourth-order valence-corrected chi connectivity index (χ4v) is 5.15. The largest absolute Gasteiger partial charge is 0.494 e. The van der Waals surface area contributed by atoms with Crippen LogP contribution in [0.5, 0.6) is 11.5 Å². The van der Waals surface area contributed by atoms with Gasteiger partial charge in [-0.15, -0.1) is 0 Å². The second-order valence-corrected chi connectivity index (χ2v) is 11.0. The molecule has 0 atom stereocenters. The normalized spacial score (nSPS) is 18.1. The minimum atomic E-state index is -0.339. The monoisotopic (exact) mass is 494 g/mol. The Labute approximate surface area is 218 Å². The van der Waals surface area contributed by atoms with Crippen LogP contribution in [0.25, 0.3) is 0 Å². The highest BCUT2D eigenvalue weighted by Crippen LogP contribution is 2.37. The molecule has 0 radical (unpaired) electrons. The molecular weight excluding hydrogens is 448 g/mol. The van der Waals surface area contributed by atoms with Gasteiger partial charge >= 0.3 is 5.97 Å². The highest BCUT2D eigenvalue weighted by atomic mass is 16.5. The van der Waals surface area contributed by atoms with Crippen LogP contribution in [0.15, 0.2) is 48.5 Å². The molecule has 1 saturated carbocycles. The molecule has 0 N–H and O–H groups in total. The molecule has 0 heterocycles. The summed E-state index contributed by atoms with van der Waals surface area (Å²) in [6.07, 6.45) is 13.5. The SMILES string of the molecule is CCCC1CCC(c2ccc(OC(=O)c3ccc(OCCCCCCC(C)(C)OC)cc3)cc2)CC1. The van der Waals surface area contributed by atoms with E-state index in [4.69, 9.17) is 14.2 Å². The van der Waals surface area contributed by atoms with Gasteiger partial charge in [0.1, 0.15) is 11.5 Å². The minimum absolute atomic E-state index is 0.0317. The first-order valence-electron chi connectivity index (χ1n) is 14.0. The van der Waals surface area contributed by atoms with Crippen LogP contribution >= 0.6 is 0 Å². The summed E-state index contributed by atoms with van der Waals surface area (Å²) in [5.74, 6) is 2.58. The van der Waals surface area contributed by atoms with E-state index in [1.165, 1.54) is 56.9 Å². The van der Waals surface area contributed by atoms with Crippen LogP contribution in [0.2, 0.25) is 0 Å². The van der Waals surface area contributed by atoms with Crippen LogP contribution in [0.4, 0.5) is 0 Å². The smallest absolute Gasteiger partial charge is 0.343 e. The highest BCUT2D eigenvalue weighted by molar-refractivity contribution is 5.91. The first-order valence-corrected chi connectivity index (χ1v) is 14.0. The Morgan fingerprint density at radius 2 is 1.50 bits per heavy atom. The maximum absolute atomic E-state index is 12.6. The second kappa shape index (κ2) is 14.4. The third-order valence-corrected chi connectivity index (χ3v) is 7.69. The van der Waals surface area contributed by atoms with E-state index in [2.05, 4.69) is 32.9 Å². The molecule has 0 saturated heterocycles. The average Bonchev–Trinajstić information content (AvgIpc) is 2.89. The van der Waals surface area contributed by atoms with Gasteiger partial charge in [-0.3, -0.25) is 0 Å². The lowest BCUT2D eigenvalue weighted by Gasteiger charge is -2.28. The number of hydrogen-bond acceptors (Lipinski definition) is 4. The van der Waals surface area contributed by atoms with Crippen molar-refractivity contribution < 1.29 is 19.0 Å². The molecule has 2 aromatic rings. The first-order chi connectivity index (χ1) is 17.4. The van der Waals surface area contributed by atoms with E-state index in [0.717, 1.165) is 30.9 Å². The van der Waals surface area contributed by atoms with Crippen molar-refractivity contribution >= 4 is 5.97 Å². The second-order valence-electron chi connectivity index (χ2n) is 11.0. The molecule has 0 amide bonds. The van der Waals surface area contributed by atoms with E-state index in [0.29, 0.717) is 23.8 Å². The van der Waals surface area contributed by atoms with Gasteiger partial charge in [-0.25, -0.2) is 4.79 Å². The Balaban J connectivity index is 1.36. The number of unbranched alkanes of at least 4 members (excludes halogenated alkanes) is 3. The van der Waals surface area contributed by atoms with Gasteiger partial charge in [-0.05, 0) is 106 Å². The van der Waals surface area contributed by atoms with Gasteiger partial charge in [0, 0.05) is 7.11 Å². The van der Waals surface area contributed by atoms with Crippen molar-refractivity contribution in [2.75, 3.05) is 13.7 Å². The molecule has 36 heavy (non-hydrogen) atoms. The van der Waals surface area contributed by atoms with Crippen molar-refractivity contribution in [3.63, 3.8) is 0 Å². The molecule has 0 aliphatic heterocycles. The number of hydrogen-bond donors (Lipinski definition) is 0. The summed E-state index contributed by atoms with van der Waals surface area (Å²) in [5.41, 5.74) is 1.86. The van der Waals surface area contributed by atoms with E-state index >= 15 is 0 Å². The van der Waals surface area contributed by atoms with Gasteiger partial charge in [-0.2, -0.15) is 0 Å². The van der Waals surface area contributed by atoms with Gasteiger partial charge in [0.2, 0.25) is 0 Å². The quantitative estimate of drug-likeness (QED) is 0.150. The topological polar surface area (TPSA) is 44.8 Å². The van der Waals surface area contributed by atoms with Crippen LogP contribution in [0.3, 0.4) is 0 Å². The van der Waals surface area contributed by atoms with Crippen LogP contribution in [-0.2, 0) is 4.74 Å². The molecule has 198 valence electrons. The van der Waals surface area contributed by atoms with Crippen LogP contribution in [-0.4, -0.2) is 25.3 Å². The van der Waals surface area contributed by atoms with Crippen molar-refractivity contribution in [3.05, 3.63) is 59.7 Å². The van der Waals surface area contributed by atoms with Crippen molar-refractivity contribution in [1.29, 1.82) is 0 Å². The zero-order valence-electron chi connectivity index (χ0n) is 22.9. The number of benzene rings is 2. The lowest BCUT2D eigenvalue weighted by atomic mass is 9.77. The molecular formula is C32H46O4. The summed E-state index contributed by atoms with van der Waals surface area (Å²) in [5, 5.41) is 0. The lowest BCUT2D eigenvalue weighted by Crippen LogP contribution is -2.21. The number of rotatable bonds is 14. The summed E-state index contributed by atoms with van der Waals surface area (Å²) in [6.45, 7) is 7.23. The van der Waals surface area contributed by atoms with Gasteiger partial charge < -0.3 is 14.2 Å². The minimum Gasteiger partial charge on any atom is -0.494 e. The van der Waals surface area contributed by atoms with E-state index < -0.39 is 0 Å². The lowest BCUT2D eigenvalue weighted by molar-refractivity contribution is 0.0133. The Bertz CT molecular complexity index is 893. The Kier molecular flexibility index (Phi) is 11.3. The first kappa shape index (κ1) is 28.2. The summed E-state index contributed by atoms with van der Waals surface area (Å²) >= 11 is 0. The summed E-state index contributed by atoms with van der Waals surface area (Å²) in [7, 11) is 1.77. The van der Waals surface area contributed by atoms with Gasteiger partial charge in [-0.1, -0.05) is 51.2 Å². The van der Waals surface area contributed by atoms with Crippen molar-refractivity contribution in [2.24, 2.45) is 5.92 Å². The van der Waals surface area contributed by atoms with Crippen molar-refractivity contribution in [3.8, 4) is 11.5 Å². The predicted molar refractivity (Wildman–Crippen MR) is 147 cm³/mol. The Morgan fingerprint density at radius 1 is 0.861 bits per heavy atom. The molecule has 0 aromatic heterocycles. The molecule has 0 bridgehead atoms. The van der Waals surface area contributed by atoms with Gasteiger partial charge in [0.25, 0.3) is 0 Å². The predicted octanol–water partition coefficient (Wildman–Crippen LogP) is 8.73. The molecule has 0 unspecified atom stereocenters. The van der Waals surface area contributed by atoms with E-state index in [1.54, 1.807) is 19.2 Å². The molecule has 1 aliphatic rings. The molecule has 4 heteroatoms. The zero-order chi connectivity index (χ0) is 25.8. The third kappa shape index (κ3) is 9.28. The fraction of sp³-hybridized carbons (Fsp3) is 0.594. The van der Waals surface area contributed by atoms with E-state index in [-0.39, 0.29) is 11.6 Å². The van der Waals surface area contributed by atoms with Gasteiger partial charge in [0.15, 0.2) is 0 Å². The zero-order valence-corrected chi connectivity index (χ0v) is 22.9. The standard InChI is InChI=1S/C32H46O4/c1-5-10-25-11-13-26(14-12-25)27-15-21-30(22-16-27)36-31(33)28-17-19-29(20-18-28)35-24-9-7-6-8-23-32(2,3)34-4/h15-22,25-26H,5-14,23-24H2,1-4H3. The van der Waals surface area contributed by atoms with Crippen LogP contribution in [0.1, 0.15) is 113 Å². The number of carbonyl (C=O) groups excluding carboxylic acids is 1. The van der Waals surface area contributed by atoms with Crippen LogP contribution < -0.4 is 9.47 Å². The Morgan fingerprint density at radius 3 is 2.14 bits per heavy atom. The maximum Gasteiger partial charge on any atom is 0.343 e. The third-order valence-electron chi connectivity index (χ3n) is 7.69. The molecule has 1 fully saturated rings. The molecule has 0 spiro atoms. The number of methoxy groups -OCH3 is 1. The number of carbonyl (C=O) groups is 1. The van der Waals surface area contributed by atoms with Crippen LogP contribution in [0, 0.1) is 5.92 Å². The fourth-order valence-electron chi connectivity index (χ4n) is 5.15. The van der Waals surface area contributed by atoms with Crippen molar-refractivity contribution in [1.82, 2.24) is 0 Å². The van der Waals surface area contributed by atoms with E-state index in [1.807, 2.05) is 24.3 Å². The summed E-state index contributed by atoms with van der Waals surface area (Å²) in [4.78, 5) is 12.6. The summed E-state index contributed by atoms with van der Waals surface area (Å²) in [6, 6.07) is 15.3. The highest BCUT2D eigenvalue weighted by Gasteiger charge is 2.22. The van der Waals surface area contributed by atoms with Gasteiger partial charge in [0.05, 0.1) is 17.8 Å². The number of ether oxygens (including phenoxy) is 3. The maximum atomic E-state index is 12.6.